The van der Waals surface area contributed by atoms with E-state index >= 15 is 0 Å². The number of rotatable bonds is 9. The van der Waals surface area contributed by atoms with Crippen LogP contribution in [0.3, 0.4) is 0 Å². The van der Waals surface area contributed by atoms with Gasteiger partial charge in [0.1, 0.15) is 6.61 Å². The molecule has 0 saturated heterocycles. The highest BCUT2D eigenvalue weighted by molar-refractivity contribution is 9.10. The van der Waals surface area contributed by atoms with Gasteiger partial charge in [0, 0.05) is 0 Å². The van der Waals surface area contributed by atoms with E-state index in [1.54, 1.807) is 4.57 Å². The molecule has 0 spiro atoms. The lowest BCUT2D eigenvalue weighted by atomic mass is 9.95. The predicted octanol–water partition coefficient (Wildman–Crippen LogP) is 6.69. The summed E-state index contributed by atoms with van der Waals surface area (Å²) in [5.41, 5.74) is 3.35. The molecule has 1 aliphatic heterocycles. The summed E-state index contributed by atoms with van der Waals surface area (Å²) in [6, 6.07) is 27.1. The smallest absolute Gasteiger partial charge is 0.338 e. The van der Waals surface area contributed by atoms with Gasteiger partial charge in [0.25, 0.3) is 5.56 Å². The van der Waals surface area contributed by atoms with E-state index in [4.69, 9.17) is 19.2 Å². The molecule has 0 fully saturated rings. The predicted molar refractivity (Wildman–Crippen MR) is 180 cm³/mol. The molecule has 7 nitrogen and oxygen atoms in total. The Morgan fingerprint density at radius 3 is 2.47 bits per heavy atom. The minimum atomic E-state index is -0.649. The highest BCUT2D eigenvalue weighted by Crippen LogP contribution is 2.38. The van der Waals surface area contributed by atoms with Crippen LogP contribution in [0.25, 0.3) is 16.8 Å². The molecular formula is C36H31BrN2O5S. The Kier molecular flexibility index (Phi) is 9.00. The van der Waals surface area contributed by atoms with E-state index in [0.717, 1.165) is 22.1 Å². The number of benzene rings is 4. The number of hydrogen-bond acceptors (Lipinski definition) is 7. The average Bonchev–Trinajstić information content (AvgIpc) is 3.37. The van der Waals surface area contributed by atoms with Gasteiger partial charge in [-0.3, -0.25) is 9.36 Å². The molecule has 5 aromatic rings. The van der Waals surface area contributed by atoms with E-state index in [9.17, 15) is 9.59 Å². The molecular weight excluding hydrogens is 652 g/mol. The molecule has 9 heteroatoms. The van der Waals surface area contributed by atoms with Crippen LogP contribution >= 0.6 is 27.3 Å². The Morgan fingerprint density at radius 2 is 1.73 bits per heavy atom. The van der Waals surface area contributed by atoms with Crippen molar-refractivity contribution in [2.24, 2.45) is 4.99 Å². The quantitative estimate of drug-likeness (QED) is 0.162. The van der Waals surface area contributed by atoms with Crippen molar-refractivity contribution >= 4 is 50.1 Å². The first-order chi connectivity index (χ1) is 21.9. The third-order valence-corrected chi connectivity index (χ3v) is 9.16. The molecule has 0 aliphatic carbocycles. The summed E-state index contributed by atoms with van der Waals surface area (Å²) in [6.07, 6.45) is 2.34. The summed E-state index contributed by atoms with van der Waals surface area (Å²) >= 11 is 4.97. The summed E-state index contributed by atoms with van der Waals surface area (Å²) in [5.74, 6) is 0.654. The fourth-order valence-electron chi connectivity index (χ4n) is 5.52. The third kappa shape index (κ3) is 6.10. The summed E-state index contributed by atoms with van der Waals surface area (Å²) in [6.45, 7) is 4.66. The van der Waals surface area contributed by atoms with E-state index in [2.05, 4.69) is 46.3 Å². The number of carbonyl (C=O) groups excluding carboxylic acids is 1. The molecule has 0 amide bonds. The normalized spacial score (nSPS) is 14.7. The molecule has 0 radical (unpaired) electrons. The average molecular weight is 684 g/mol. The molecule has 228 valence electrons. The fraction of sp³-hybridized carbons (Fsp3) is 0.194. The first-order valence-electron chi connectivity index (χ1n) is 14.7. The molecule has 0 saturated carbocycles. The van der Waals surface area contributed by atoms with E-state index in [0.29, 0.717) is 56.2 Å². The first kappa shape index (κ1) is 30.6. The Balaban J connectivity index is 1.39. The number of allylic oxidation sites excluding steroid dienone is 1. The number of thiazole rings is 1. The van der Waals surface area contributed by atoms with Gasteiger partial charge in [-0.05, 0) is 81.0 Å². The molecule has 0 unspecified atom stereocenters. The standard InChI is InChI=1S/C36H31BrN2O5S/c1-4-28-31(35(41)42-3)32(25-12-7-6-8-13-25)39-34(40)30(45-36(39)38-28)20-23-18-27(37)33(29(19-23)43-5-2)44-21-22-15-16-24-11-9-10-14-26(24)17-22/h6-20,32H,4-5,21H2,1-3H3/b30-20-/t32-/m0/s1. The molecule has 1 aromatic heterocycles. The second-order valence-corrected chi connectivity index (χ2v) is 12.3. The molecule has 0 bridgehead atoms. The van der Waals surface area contributed by atoms with Crippen LogP contribution in [0, 0.1) is 0 Å². The minimum absolute atomic E-state index is 0.241. The second kappa shape index (κ2) is 13.3. The monoisotopic (exact) mass is 682 g/mol. The van der Waals surface area contributed by atoms with Crippen molar-refractivity contribution in [1.29, 1.82) is 0 Å². The summed E-state index contributed by atoms with van der Waals surface area (Å²) in [4.78, 5) is 32.3. The number of nitrogens with zero attached hydrogens (tertiary/aromatic N) is 2. The van der Waals surface area contributed by atoms with Crippen molar-refractivity contribution in [2.75, 3.05) is 13.7 Å². The maximum Gasteiger partial charge on any atom is 0.338 e. The zero-order chi connectivity index (χ0) is 31.5. The fourth-order valence-corrected chi connectivity index (χ4v) is 7.12. The molecule has 2 heterocycles. The molecule has 0 N–H and O–H groups in total. The van der Waals surface area contributed by atoms with Gasteiger partial charge in [0.15, 0.2) is 16.3 Å². The SMILES string of the molecule is CCOc1cc(/C=c2\sc3n(c2=O)[C@@H](c2ccccc2)C(C(=O)OC)=C(CC)N=3)cc(Br)c1OCc1ccc2ccccc2c1. The Labute approximate surface area is 272 Å². The van der Waals surface area contributed by atoms with Crippen LogP contribution in [0.4, 0.5) is 0 Å². The second-order valence-electron chi connectivity index (χ2n) is 10.4. The number of carbonyl (C=O) groups is 1. The molecule has 6 rings (SSSR count). The van der Waals surface area contributed by atoms with Gasteiger partial charge in [-0.25, -0.2) is 9.79 Å². The van der Waals surface area contributed by atoms with E-state index < -0.39 is 12.0 Å². The lowest BCUT2D eigenvalue weighted by molar-refractivity contribution is -0.136. The van der Waals surface area contributed by atoms with Gasteiger partial charge < -0.3 is 14.2 Å². The van der Waals surface area contributed by atoms with E-state index in [1.807, 2.05) is 74.5 Å². The van der Waals surface area contributed by atoms with Gasteiger partial charge in [0.2, 0.25) is 0 Å². The number of ether oxygens (including phenoxy) is 3. The number of aromatic nitrogens is 1. The van der Waals surface area contributed by atoms with Crippen molar-refractivity contribution in [3.05, 3.63) is 137 Å². The lowest BCUT2D eigenvalue weighted by Crippen LogP contribution is -2.40. The Hall–Kier alpha value is -4.47. The first-order valence-corrected chi connectivity index (χ1v) is 16.3. The number of hydrogen-bond donors (Lipinski definition) is 0. The van der Waals surface area contributed by atoms with E-state index in [1.165, 1.54) is 23.8 Å². The Bertz CT molecular complexity index is 2120. The van der Waals surface area contributed by atoms with Crippen LogP contribution in [0.5, 0.6) is 11.5 Å². The van der Waals surface area contributed by atoms with Crippen molar-refractivity contribution in [3.8, 4) is 11.5 Å². The van der Waals surface area contributed by atoms with E-state index in [-0.39, 0.29) is 5.56 Å². The molecule has 4 aromatic carbocycles. The van der Waals surface area contributed by atoms with Crippen LogP contribution in [0.1, 0.15) is 43.0 Å². The zero-order valence-corrected chi connectivity index (χ0v) is 27.5. The van der Waals surface area contributed by atoms with Crippen LogP contribution in [-0.2, 0) is 16.1 Å². The lowest BCUT2D eigenvalue weighted by Gasteiger charge is -2.25. The van der Waals surface area contributed by atoms with Crippen LogP contribution in [-0.4, -0.2) is 24.3 Å². The maximum absolute atomic E-state index is 14.0. The summed E-state index contributed by atoms with van der Waals surface area (Å²) in [7, 11) is 1.35. The van der Waals surface area contributed by atoms with Gasteiger partial charge in [-0.1, -0.05) is 85.0 Å². The number of methoxy groups -OCH3 is 1. The topological polar surface area (TPSA) is 79.1 Å². The third-order valence-electron chi connectivity index (χ3n) is 7.59. The number of halogens is 1. The largest absolute Gasteiger partial charge is 0.490 e. The van der Waals surface area contributed by atoms with Crippen molar-refractivity contribution in [3.63, 3.8) is 0 Å². The maximum atomic E-state index is 14.0. The Morgan fingerprint density at radius 1 is 0.978 bits per heavy atom. The minimum Gasteiger partial charge on any atom is -0.490 e. The van der Waals surface area contributed by atoms with Crippen LogP contribution in [0.2, 0.25) is 0 Å². The number of esters is 1. The van der Waals surface area contributed by atoms with Crippen molar-refractivity contribution < 1.29 is 19.0 Å². The van der Waals surface area contributed by atoms with Crippen molar-refractivity contribution in [1.82, 2.24) is 4.57 Å². The van der Waals surface area contributed by atoms with Gasteiger partial charge >= 0.3 is 5.97 Å². The van der Waals surface area contributed by atoms with Crippen LogP contribution in [0.15, 0.2) is 110 Å². The van der Waals surface area contributed by atoms with Crippen molar-refractivity contribution in [2.45, 2.75) is 32.9 Å². The molecule has 1 atom stereocenters. The van der Waals surface area contributed by atoms with Crippen LogP contribution < -0.4 is 24.4 Å². The highest BCUT2D eigenvalue weighted by atomic mass is 79.9. The van der Waals surface area contributed by atoms with Gasteiger partial charge in [0.05, 0.1) is 40.0 Å². The molecule has 45 heavy (non-hydrogen) atoms. The zero-order valence-electron chi connectivity index (χ0n) is 25.1. The highest BCUT2D eigenvalue weighted by Gasteiger charge is 2.33. The molecule has 1 aliphatic rings. The number of fused-ring (bicyclic) bond motifs is 2. The summed E-state index contributed by atoms with van der Waals surface area (Å²) in [5, 5.41) is 2.33. The van der Waals surface area contributed by atoms with Gasteiger partial charge in [-0.2, -0.15) is 0 Å². The van der Waals surface area contributed by atoms with Gasteiger partial charge in [-0.15, -0.1) is 0 Å². The summed E-state index contributed by atoms with van der Waals surface area (Å²) < 4.78 is 20.2.